The third kappa shape index (κ3) is 4.87. The van der Waals surface area contributed by atoms with E-state index in [0.717, 1.165) is 11.6 Å². The van der Waals surface area contributed by atoms with Crippen molar-refractivity contribution in [2.45, 2.75) is 26.8 Å². The lowest BCUT2D eigenvalue weighted by molar-refractivity contribution is -0.131. The lowest BCUT2D eigenvalue weighted by atomic mass is 10.1. The first-order valence-electron chi connectivity index (χ1n) is 6.41. The Balaban J connectivity index is 3.06. The topological polar surface area (TPSA) is 86.7 Å². The summed E-state index contributed by atoms with van der Waals surface area (Å²) in [5.74, 6) is -1.06. The van der Waals surface area contributed by atoms with Gasteiger partial charge < -0.3 is 5.11 Å². The average molecular weight is 312 g/mol. The van der Waals surface area contributed by atoms with Crippen molar-refractivity contribution in [2.75, 3.05) is 11.8 Å². The number of hydrogen-bond acceptors (Lipinski definition) is 3. The molecule has 0 spiro atoms. The average Bonchev–Trinajstić information content (AvgIpc) is 2.37. The number of rotatable bonds is 6. The molecule has 116 valence electrons. The van der Waals surface area contributed by atoms with E-state index in [2.05, 4.69) is 4.72 Å². The Kier molecular flexibility index (Phi) is 5.51. The third-order valence-corrected chi connectivity index (χ3v) is 4.71. The number of carboxylic acid groups (broad SMARTS) is 1. The molecule has 0 unspecified atom stereocenters. The summed E-state index contributed by atoms with van der Waals surface area (Å²) in [5, 5.41) is 8.65. The van der Waals surface area contributed by atoms with E-state index in [1.54, 1.807) is 32.0 Å². The Labute approximate surface area is 125 Å². The molecule has 0 aliphatic carbocycles. The maximum absolute atomic E-state index is 12.1. The predicted octanol–water partition coefficient (Wildman–Crippen LogP) is 2.09. The fourth-order valence-corrected chi connectivity index (χ4v) is 2.67. The number of aryl methyl sites for hydroxylation is 1. The Morgan fingerprint density at radius 1 is 1.38 bits per heavy atom. The summed E-state index contributed by atoms with van der Waals surface area (Å²) in [7, 11) is -2.14. The Bertz CT molecular complexity index is 651. The number of hydrogen-bond donors (Lipinski definition) is 2. The Morgan fingerprint density at radius 3 is 2.52 bits per heavy atom. The molecule has 0 heterocycles. The molecule has 0 bridgehead atoms. The van der Waals surface area contributed by atoms with Crippen LogP contribution in [0, 0.1) is 6.92 Å². The lowest BCUT2D eigenvalue weighted by Gasteiger charge is -2.22. The molecule has 0 amide bonds. The van der Waals surface area contributed by atoms with E-state index in [1.807, 2.05) is 6.92 Å². The summed E-state index contributed by atoms with van der Waals surface area (Å²) < 4.78 is 27.9. The number of benzene rings is 1. The van der Waals surface area contributed by atoms with Crippen molar-refractivity contribution in [1.82, 2.24) is 4.31 Å². The van der Waals surface area contributed by atoms with Crippen LogP contribution in [-0.2, 0) is 15.0 Å². The monoisotopic (exact) mass is 312 g/mol. The summed E-state index contributed by atoms with van der Waals surface area (Å²) in [6, 6.07) is 4.80. The van der Waals surface area contributed by atoms with Gasteiger partial charge in [-0.05, 0) is 50.1 Å². The van der Waals surface area contributed by atoms with Crippen molar-refractivity contribution < 1.29 is 18.3 Å². The van der Waals surface area contributed by atoms with Crippen molar-refractivity contribution in [3.63, 3.8) is 0 Å². The van der Waals surface area contributed by atoms with E-state index in [1.165, 1.54) is 17.4 Å². The number of nitrogens with zero attached hydrogens (tertiary/aromatic N) is 1. The molecule has 0 aliphatic rings. The molecule has 0 fully saturated rings. The van der Waals surface area contributed by atoms with Crippen molar-refractivity contribution in [2.24, 2.45) is 0 Å². The maximum atomic E-state index is 12.1. The van der Waals surface area contributed by atoms with E-state index < -0.39 is 16.2 Å². The van der Waals surface area contributed by atoms with Crippen molar-refractivity contribution in [1.29, 1.82) is 0 Å². The Morgan fingerprint density at radius 2 is 2.00 bits per heavy atom. The van der Waals surface area contributed by atoms with Gasteiger partial charge in [-0.1, -0.05) is 6.07 Å². The minimum Gasteiger partial charge on any atom is -0.478 e. The molecule has 1 aromatic rings. The van der Waals surface area contributed by atoms with Gasteiger partial charge in [0.1, 0.15) is 0 Å². The normalized spacial score (nSPS) is 12.3. The quantitative estimate of drug-likeness (QED) is 0.787. The number of nitrogens with one attached hydrogen (secondary N) is 1. The molecule has 7 heteroatoms. The van der Waals surface area contributed by atoms with E-state index in [9.17, 15) is 13.2 Å². The first-order chi connectivity index (χ1) is 9.63. The molecule has 6 nitrogen and oxygen atoms in total. The summed E-state index contributed by atoms with van der Waals surface area (Å²) in [5.41, 5.74) is 1.88. The van der Waals surface area contributed by atoms with Crippen molar-refractivity contribution in [3.05, 3.63) is 35.4 Å². The van der Waals surface area contributed by atoms with Gasteiger partial charge in [-0.2, -0.15) is 12.7 Å². The molecule has 21 heavy (non-hydrogen) atoms. The number of carboxylic acids is 1. The number of anilines is 1. The van der Waals surface area contributed by atoms with Gasteiger partial charge in [-0.3, -0.25) is 4.72 Å². The van der Waals surface area contributed by atoms with Crippen LogP contribution in [0.3, 0.4) is 0 Å². The summed E-state index contributed by atoms with van der Waals surface area (Å²) in [6.45, 7) is 5.37. The number of carbonyl (C=O) groups is 1. The molecule has 0 saturated heterocycles. The fourth-order valence-electron chi connectivity index (χ4n) is 1.54. The van der Waals surface area contributed by atoms with E-state index in [4.69, 9.17) is 5.11 Å². The van der Waals surface area contributed by atoms with Crippen LogP contribution in [0.1, 0.15) is 25.0 Å². The van der Waals surface area contributed by atoms with Crippen LogP contribution in [0.25, 0.3) is 6.08 Å². The van der Waals surface area contributed by atoms with Crippen LogP contribution in [0.5, 0.6) is 0 Å². The molecule has 0 saturated carbocycles. The van der Waals surface area contributed by atoms with E-state index >= 15 is 0 Å². The lowest BCUT2D eigenvalue weighted by Crippen LogP contribution is -2.37. The standard InChI is InChI=1S/C14H20N2O4S/c1-10(2)16(4)21(19,20)15-13-7-5-11(3)12(9-13)6-8-14(17)18/h5-10,15H,1-4H3,(H,17,18). The first-order valence-corrected chi connectivity index (χ1v) is 7.85. The minimum atomic E-state index is -3.63. The minimum absolute atomic E-state index is 0.167. The van der Waals surface area contributed by atoms with Crippen molar-refractivity contribution >= 4 is 27.9 Å². The molecule has 0 radical (unpaired) electrons. The SMILES string of the molecule is Cc1ccc(NS(=O)(=O)N(C)C(C)C)cc1C=CC(=O)O. The van der Waals surface area contributed by atoms with Crippen LogP contribution >= 0.6 is 0 Å². The van der Waals surface area contributed by atoms with Gasteiger partial charge in [0, 0.05) is 19.2 Å². The second-order valence-corrected chi connectivity index (χ2v) is 6.69. The zero-order chi connectivity index (χ0) is 16.2. The molecule has 1 rings (SSSR count). The van der Waals surface area contributed by atoms with Crippen LogP contribution in [0.15, 0.2) is 24.3 Å². The van der Waals surface area contributed by atoms with Gasteiger partial charge >= 0.3 is 16.2 Å². The molecule has 0 aliphatic heterocycles. The largest absolute Gasteiger partial charge is 0.478 e. The van der Waals surface area contributed by atoms with Gasteiger partial charge in [0.05, 0.1) is 5.69 Å². The fraction of sp³-hybridized carbons (Fsp3) is 0.357. The first kappa shape index (κ1) is 17.2. The molecule has 0 aromatic heterocycles. The highest BCUT2D eigenvalue weighted by Crippen LogP contribution is 2.19. The molecule has 1 aromatic carbocycles. The van der Waals surface area contributed by atoms with Gasteiger partial charge in [-0.25, -0.2) is 4.79 Å². The van der Waals surface area contributed by atoms with Gasteiger partial charge in [0.15, 0.2) is 0 Å². The van der Waals surface area contributed by atoms with Gasteiger partial charge in [-0.15, -0.1) is 0 Å². The third-order valence-electron chi connectivity index (χ3n) is 3.04. The van der Waals surface area contributed by atoms with Crippen LogP contribution in [0.4, 0.5) is 5.69 Å². The smallest absolute Gasteiger partial charge is 0.328 e. The van der Waals surface area contributed by atoms with Gasteiger partial charge in [0.2, 0.25) is 0 Å². The van der Waals surface area contributed by atoms with Gasteiger partial charge in [0.25, 0.3) is 0 Å². The number of aliphatic carboxylic acids is 1. The van der Waals surface area contributed by atoms with E-state index in [0.29, 0.717) is 11.3 Å². The van der Waals surface area contributed by atoms with Crippen LogP contribution in [-0.4, -0.2) is 36.9 Å². The maximum Gasteiger partial charge on any atom is 0.328 e. The van der Waals surface area contributed by atoms with E-state index in [-0.39, 0.29) is 6.04 Å². The highest BCUT2D eigenvalue weighted by Gasteiger charge is 2.20. The van der Waals surface area contributed by atoms with Crippen LogP contribution in [0.2, 0.25) is 0 Å². The summed E-state index contributed by atoms with van der Waals surface area (Å²) in [6.07, 6.45) is 2.45. The van der Waals surface area contributed by atoms with Crippen LogP contribution < -0.4 is 4.72 Å². The molecule has 2 N–H and O–H groups in total. The summed E-state index contributed by atoms with van der Waals surface area (Å²) in [4.78, 5) is 10.6. The second kappa shape index (κ2) is 6.73. The molecule has 0 atom stereocenters. The Hall–Kier alpha value is -1.86. The summed E-state index contributed by atoms with van der Waals surface area (Å²) >= 11 is 0. The predicted molar refractivity (Wildman–Crippen MR) is 83.3 cm³/mol. The highest BCUT2D eigenvalue weighted by atomic mass is 32.2. The zero-order valence-electron chi connectivity index (χ0n) is 12.5. The van der Waals surface area contributed by atoms with Crippen molar-refractivity contribution in [3.8, 4) is 0 Å². The highest BCUT2D eigenvalue weighted by molar-refractivity contribution is 7.90. The zero-order valence-corrected chi connectivity index (χ0v) is 13.3. The molecular formula is C14H20N2O4S. The second-order valence-electron chi connectivity index (χ2n) is 4.96. The molecular weight excluding hydrogens is 292 g/mol.